The molecular weight excluding hydrogens is 228 g/mol. The zero-order valence-corrected chi connectivity index (χ0v) is 10.0. The minimum Gasteiger partial charge on any atom is -0.481 e. The third kappa shape index (κ3) is 1.59. The molecular formula is C14H12N2O2. The summed E-state index contributed by atoms with van der Waals surface area (Å²) in [6.45, 7) is 0. The molecule has 3 rings (SSSR count). The number of carbonyl (C=O) groups excluding carboxylic acids is 1. The second-order valence-corrected chi connectivity index (χ2v) is 4.49. The van der Waals surface area contributed by atoms with Crippen LogP contribution in [0.25, 0.3) is 10.8 Å². The number of ether oxygens (including phenoxy) is 1. The molecule has 18 heavy (non-hydrogen) atoms. The van der Waals surface area contributed by atoms with Crippen LogP contribution in [-0.2, 0) is 10.3 Å². The first kappa shape index (κ1) is 10.9. The number of aliphatic imine (C=N–C) groups is 1. The summed E-state index contributed by atoms with van der Waals surface area (Å²) in [5.41, 5.74) is 0.682. The van der Waals surface area contributed by atoms with Gasteiger partial charge in [0, 0.05) is 11.6 Å². The number of methoxy groups -OCH3 is 1. The number of aromatic nitrogens is 1. The minimum absolute atomic E-state index is 0.350. The van der Waals surface area contributed by atoms with Gasteiger partial charge in [-0.1, -0.05) is 12.1 Å². The van der Waals surface area contributed by atoms with E-state index in [9.17, 15) is 4.79 Å². The van der Waals surface area contributed by atoms with E-state index in [0.29, 0.717) is 5.88 Å². The molecule has 1 aromatic heterocycles. The fourth-order valence-electron chi connectivity index (χ4n) is 2.26. The van der Waals surface area contributed by atoms with Crippen molar-refractivity contribution in [1.82, 2.24) is 4.98 Å². The predicted octanol–water partition coefficient (Wildman–Crippen LogP) is 2.57. The Morgan fingerprint density at radius 2 is 2.22 bits per heavy atom. The molecule has 0 amide bonds. The molecule has 1 heterocycles. The van der Waals surface area contributed by atoms with Gasteiger partial charge in [-0.05, 0) is 35.9 Å². The van der Waals surface area contributed by atoms with Crippen LogP contribution >= 0.6 is 0 Å². The van der Waals surface area contributed by atoms with Crippen molar-refractivity contribution >= 4 is 16.9 Å². The summed E-state index contributed by atoms with van der Waals surface area (Å²) in [7, 11) is 1.60. The van der Waals surface area contributed by atoms with Crippen LogP contribution in [0.3, 0.4) is 0 Å². The van der Waals surface area contributed by atoms with Crippen LogP contribution in [0, 0.1) is 0 Å². The molecule has 1 aliphatic carbocycles. The van der Waals surface area contributed by atoms with Gasteiger partial charge in [0.05, 0.1) is 12.6 Å². The number of benzene rings is 1. The molecule has 1 aromatic carbocycles. The van der Waals surface area contributed by atoms with E-state index >= 15 is 0 Å². The Labute approximate surface area is 104 Å². The average Bonchev–Trinajstić information content (AvgIpc) is 3.19. The highest BCUT2D eigenvalue weighted by atomic mass is 16.5. The third-order valence-corrected chi connectivity index (χ3v) is 3.44. The Morgan fingerprint density at radius 1 is 1.39 bits per heavy atom. The van der Waals surface area contributed by atoms with Gasteiger partial charge in [0.25, 0.3) is 0 Å². The summed E-state index contributed by atoms with van der Waals surface area (Å²) in [4.78, 5) is 18.6. The van der Waals surface area contributed by atoms with Gasteiger partial charge in [-0.25, -0.2) is 9.78 Å². The molecule has 4 nitrogen and oxygen atoms in total. The van der Waals surface area contributed by atoms with Crippen LogP contribution < -0.4 is 4.74 Å². The largest absolute Gasteiger partial charge is 0.481 e. The average molecular weight is 240 g/mol. The van der Waals surface area contributed by atoms with Crippen molar-refractivity contribution in [2.75, 3.05) is 7.11 Å². The second-order valence-electron chi connectivity index (χ2n) is 4.49. The maximum atomic E-state index is 10.5. The van der Waals surface area contributed by atoms with Crippen LogP contribution in [0.15, 0.2) is 35.5 Å². The van der Waals surface area contributed by atoms with E-state index in [1.165, 1.54) is 0 Å². The van der Waals surface area contributed by atoms with Crippen molar-refractivity contribution in [3.05, 3.63) is 36.0 Å². The van der Waals surface area contributed by atoms with E-state index in [2.05, 4.69) is 9.98 Å². The summed E-state index contributed by atoms with van der Waals surface area (Å²) >= 11 is 0. The van der Waals surface area contributed by atoms with Gasteiger partial charge in [-0.15, -0.1) is 0 Å². The maximum absolute atomic E-state index is 10.5. The first-order valence-corrected chi connectivity index (χ1v) is 5.81. The highest BCUT2D eigenvalue weighted by molar-refractivity contribution is 5.87. The number of isocyanates is 1. The molecule has 0 atom stereocenters. The number of pyridine rings is 1. The highest BCUT2D eigenvalue weighted by Gasteiger charge is 2.44. The Hall–Kier alpha value is -2.19. The van der Waals surface area contributed by atoms with Crippen LogP contribution in [0.1, 0.15) is 18.4 Å². The quantitative estimate of drug-likeness (QED) is 0.612. The minimum atomic E-state index is -0.350. The topological polar surface area (TPSA) is 51.6 Å². The van der Waals surface area contributed by atoms with Crippen LogP contribution in [-0.4, -0.2) is 18.2 Å². The van der Waals surface area contributed by atoms with Crippen molar-refractivity contribution < 1.29 is 9.53 Å². The number of hydrogen-bond acceptors (Lipinski definition) is 4. The number of fused-ring (bicyclic) bond motifs is 1. The molecule has 0 saturated heterocycles. The molecule has 2 aromatic rings. The van der Waals surface area contributed by atoms with Gasteiger partial charge in [-0.3, -0.25) is 0 Å². The van der Waals surface area contributed by atoms with E-state index in [1.54, 1.807) is 19.4 Å². The SMILES string of the molecule is COc1nccc2ccc(C3(N=C=O)CC3)cc12. The first-order valence-electron chi connectivity index (χ1n) is 5.81. The fraction of sp³-hybridized carbons (Fsp3) is 0.286. The number of nitrogens with zero attached hydrogens (tertiary/aromatic N) is 2. The lowest BCUT2D eigenvalue weighted by Crippen LogP contribution is -2.02. The molecule has 0 bridgehead atoms. The lowest BCUT2D eigenvalue weighted by Gasteiger charge is -2.10. The van der Waals surface area contributed by atoms with Crippen LogP contribution in [0.4, 0.5) is 0 Å². The van der Waals surface area contributed by atoms with E-state index < -0.39 is 0 Å². The standard InChI is InChI=1S/C14H12N2O2/c1-18-13-12-8-11(14(5-6-14)16-9-17)3-2-10(12)4-7-15-13/h2-4,7-8H,5-6H2,1H3. The van der Waals surface area contributed by atoms with Crippen molar-refractivity contribution in [2.45, 2.75) is 18.4 Å². The van der Waals surface area contributed by atoms with E-state index in [0.717, 1.165) is 29.2 Å². The molecule has 0 spiro atoms. The first-order chi connectivity index (χ1) is 8.79. The molecule has 0 unspecified atom stereocenters. The maximum Gasteiger partial charge on any atom is 0.235 e. The van der Waals surface area contributed by atoms with E-state index in [1.807, 2.05) is 24.3 Å². The molecule has 0 radical (unpaired) electrons. The van der Waals surface area contributed by atoms with Gasteiger partial charge in [-0.2, -0.15) is 4.99 Å². The van der Waals surface area contributed by atoms with Crippen LogP contribution in [0.2, 0.25) is 0 Å². The highest BCUT2D eigenvalue weighted by Crippen LogP contribution is 2.49. The Kier molecular flexibility index (Phi) is 2.39. The lowest BCUT2D eigenvalue weighted by molar-refractivity contribution is 0.403. The van der Waals surface area contributed by atoms with Gasteiger partial charge >= 0.3 is 0 Å². The Morgan fingerprint density at radius 3 is 2.89 bits per heavy atom. The van der Waals surface area contributed by atoms with Crippen molar-refractivity contribution in [3.63, 3.8) is 0 Å². The number of rotatable bonds is 3. The Balaban J connectivity index is 2.19. The van der Waals surface area contributed by atoms with Gasteiger partial charge in [0.2, 0.25) is 12.0 Å². The zero-order chi connectivity index (χ0) is 12.6. The van der Waals surface area contributed by atoms with Crippen LogP contribution in [0.5, 0.6) is 5.88 Å². The summed E-state index contributed by atoms with van der Waals surface area (Å²) in [5.74, 6) is 0.597. The number of hydrogen-bond donors (Lipinski definition) is 0. The Bertz CT molecular complexity index is 656. The van der Waals surface area contributed by atoms with Gasteiger partial charge in [0.15, 0.2) is 0 Å². The molecule has 0 N–H and O–H groups in total. The monoisotopic (exact) mass is 240 g/mol. The van der Waals surface area contributed by atoms with E-state index in [4.69, 9.17) is 4.74 Å². The molecule has 90 valence electrons. The predicted molar refractivity (Wildman–Crippen MR) is 67.3 cm³/mol. The second kappa shape index (κ2) is 3.93. The summed E-state index contributed by atoms with van der Waals surface area (Å²) in [5, 5.41) is 2.02. The van der Waals surface area contributed by atoms with E-state index in [-0.39, 0.29) is 5.54 Å². The lowest BCUT2D eigenvalue weighted by atomic mass is 10.0. The summed E-state index contributed by atoms with van der Waals surface area (Å²) < 4.78 is 5.26. The zero-order valence-electron chi connectivity index (χ0n) is 10.0. The normalized spacial score (nSPS) is 16.1. The fourth-order valence-corrected chi connectivity index (χ4v) is 2.26. The van der Waals surface area contributed by atoms with Crippen molar-refractivity contribution in [3.8, 4) is 5.88 Å². The van der Waals surface area contributed by atoms with Gasteiger partial charge in [0.1, 0.15) is 0 Å². The summed E-state index contributed by atoms with van der Waals surface area (Å²) in [6.07, 6.45) is 5.19. The van der Waals surface area contributed by atoms with Crippen molar-refractivity contribution in [1.29, 1.82) is 0 Å². The smallest absolute Gasteiger partial charge is 0.235 e. The summed E-state index contributed by atoms with van der Waals surface area (Å²) in [6, 6.07) is 7.96. The van der Waals surface area contributed by atoms with Gasteiger partial charge < -0.3 is 4.74 Å². The van der Waals surface area contributed by atoms with Crippen molar-refractivity contribution in [2.24, 2.45) is 4.99 Å². The molecule has 1 fully saturated rings. The molecule has 1 aliphatic rings. The molecule has 4 heteroatoms. The molecule has 0 aliphatic heterocycles. The third-order valence-electron chi connectivity index (χ3n) is 3.44. The molecule has 1 saturated carbocycles.